The van der Waals surface area contributed by atoms with E-state index in [4.69, 9.17) is 5.73 Å². The van der Waals surface area contributed by atoms with Gasteiger partial charge in [0.1, 0.15) is 0 Å². The predicted molar refractivity (Wildman–Crippen MR) is 78.0 cm³/mol. The Hall–Kier alpha value is -1.23. The third-order valence-corrected chi connectivity index (χ3v) is 3.05. The van der Waals surface area contributed by atoms with Gasteiger partial charge in [0, 0.05) is 9.26 Å². The van der Waals surface area contributed by atoms with Gasteiger partial charge in [-0.05, 0) is 71.5 Å². The number of nitrogen functional groups attached to an aromatic ring is 1. The number of anilines is 3. The fraction of sp³-hybridized carbons (Fsp3) is 0.0769. The molecule has 0 saturated heterocycles. The summed E-state index contributed by atoms with van der Waals surface area (Å²) in [6, 6.07) is 14.2. The van der Waals surface area contributed by atoms with Gasteiger partial charge in [0.05, 0.1) is 11.4 Å². The Balaban J connectivity index is 2.23. The summed E-state index contributed by atoms with van der Waals surface area (Å²) in [5.74, 6) is 0. The van der Waals surface area contributed by atoms with Crippen LogP contribution in [-0.2, 0) is 0 Å². The third kappa shape index (κ3) is 2.66. The van der Waals surface area contributed by atoms with Crippen molar-refractivity contribution in [3.05, 3.63) is 51.6 Å². The van der Waals surface area contributed by atoms with Crippen molar-refractivity contribution < 1.29 is 0 Å². The highest BCUT2D eigenvalue weighted by Crippen LogP contribution is 2.24. The molecule has 3 heteroatoms. The van der Waals surface area contributed by atoms with Crippen LogP contribution < -0.4 is 11.1 Å². The molecule has 0 aliphatic carbocycles. The molecular formula is C13H13IN2. The first kappa shape index (κ1) is 11.3. The average Bonchev–Trinajstić information content (AvgIpc) is 2.25. The third-order valence-electron chi connectivity index (χ3n) is 2.33. The van der Waals surface area contributed by atoms with Crippen LogP contribution in [0.4, 0.5) is 17.1 Å². The van der Waals surface area contributed by atoms with Gasteiger partial charge in [-0.2, -0.15) is 0 Å². The van der Waals surface area contributed by atoms with Crippen molar-refractivity contribution in [3.8, 4) is 0 Å². The van der Waals surface area contributed by atoms with E-state index in [1.807, 2.05) is 37.3 Å². The molecule has 0 fully saturated rings. The summed E-state index contributed by atoms with van der Waals surface area (Å²) in [5, 5.41) is 3.30. The molecule has 0 saturated carbocycles. The Labute approximate surface area is 109 Å². The second-order valence-corrected chi connectivity index (χ2v) is 4.97. The molecule has 0 radical (unpaired) electrons. The van der Waals surface area contributed by atoms with E-state index in [0.29, 0.717) is 0 Å². The molecule has 3 N–H and O–H groups in total. The van der Waals surface area contributed by atoms with Crippen molar-refractivity contribution in [1.29, 1.82) is 0 Å². The van der Waals surface area contributed by atoms with Crippen molar-refractivity contribution >= 4 is 39.7 Å². The minimum atomic E-state index is 0.776. The first-order valence-corrected chi connectivity index (χ1v) is 6.12. The van der Waals surface area contributed by atoms with Crippen molar-refractivity contribution in [2.24, 2.45) is 0 Å². The van der Waals surface area contributed by atoms with Gasteiger partial charge in [0.2, 0.25) is 0 Å². The van der Waals surface area contributed by atoms with Crippen LogP contribution in [0.25, 0.3) is 0 Å². The maximum absolute atomic E-state index is 5.94. The molecule has 0 bridgehead atoms. The molecule has 2 nitrogen and oxygen atoms in total. The number of halogens is 1. The number of rotatable bonds is 2. The smallest absolute Gasteiger partial charge is 0.0618 e. The summed E-state index contributed by atoms with van der Waals surface area (Å²) >= 11 is 2.29. The highest BCUT2D eigenvalue weighted by molar-refractivity contribution is 14.1. The van der Waals surface area contributed by atoms with Gasteiger partial charge in [0.25, 0.3) is 0 Å². The van der Waals surface area contributed by atoms with Gasteiger partial charge >= 0.3 is 0 Å². The maximum atomic E-state index is 5.94. The quantitative estimate of drug-likeness (QED) is 0.649. The highest BCUT2D eigenvalue weighted by atomic mass is 127. The molecule has 2 aromatic carbocycles. The summed E-state index contributed by atoms with van der Waals surface area (Å²) in [4.78, 5) is 0. The number of nitrogens with two attached hydrogens (primary N) is 1. The Morgan fingerprint density at radius 1 is 1.06 bits per heavy atom. The lowest BCUT2D eigenvalue weighted by molar-refractivity contribution is 1.45. The van der Waals surface area contributed by atoms with Crippen LogP contribution in [0, 0.1) is 10.5 Å². The lowest BCUT2D eigenvalue weighted by atomic mass is 10.2. The first-order chi connectivity index (χ1) is 7.65. The molecule has 82 valence electrons. The molecule has 0 heterocycles. The van der Waals surface area contributed by atoms with E-state index < -0.39 is 0 Å². The summed E-state index contributed by atoms with van der Waals surface area (Å²) < 4.78 is 1.22. The van der Waals surface area contributed by atoms with Gasteiger partial charge in [-0.25, -0.2) is 0 Å². The zero-order valence-corrected chi connectivity index (χ0v) is 11.2. The van der Waals surface area contributed by atoms with E-state index in [1.165, 1.54) is 9.13 Å². The van der Waals surface area contributed by atoms with Crippen molar-refractivity contribution in [2.75, 3.05) is 11.1 Å². The molecule has 16 heavy (non-hydrogen) atoms. The van der Waals surface area contributed by atoms with Crippen molar-refractivity contribution in [1.82, 2.24) is 0 Å². The largest absolute Gasteiger partial charge is 0.397 e. The Morgan fingerprint density at radius 3 is 2.38 bits per heavy atom. The lowest BCUT2D eigenvalue weighted by Gasteiger charge is -2.09. The van der Waals surface area contributed by atoms with Gasteiger partial charge in [-0.1, -0.05) is 6.07 Å². The standard InChI is InChI=1S/C13H13IN2/c1-9-2-7-13(12(15)8-9)16-11-5-3-10(14)4-6-11/h2-8,16H,15H2,1H3. The second kappa shape index (κ2) is 4.74. The highest BCUT2D eigenvalue weighted by Gasteiger charge is 1.99. The van der Waals surface area contributed by atoms with Crippen molar-refractivity contribution in [3.63, 3.8) is 0 Å². The molecule has 2 rings (SSSR count). The van der Waals surface area contributed by atoms with Gasteiger partial charge in [-0.3, -0.25) is 0 Å². The van der Waals surface area contributed by atoms with E-state index >= 15 is 0 Å². The zero-order valence-electron chi connectivity index (χ0n) is 9.00. The molecule has 0 aliphatic rings. The summed E-state index contributed by atoms with van der Waals surface area (Å²) in [5.41, 5.74) is 9.89. The summed E-state index contributed by atoms with van der Waals surface area (Å²) in [6.07, 6.45) is 0. The van der Waals surface area contributed by atoms with E-state index in [0.717, 1.165) is 17.1 Å². The van der Waals surface area contributed by atoms with Crippen LogP contribution in [-0.4, -0.2) is 0 Å². The SMILES string of the molecule is Cc1ccc(Nc2ccc(I)cc2)c(N)c1. The van der Waals surface area contributed by atoms with Gasteiger partial charge in [0.15, 0.2) is 0 Å². The second-order valence-electron chi connectivity index (χ2n) is 3.72. The van der Waals surface area contributed by atoms with Crippen LogP contribution in [0.3, 0.4) is 0 Å². The topological polar surface area (TPSA) is 38.0 Å². The number of hydrogen-bond donors (Lipinski definition) is 2. The maximum Gasteiger partial charge on any atom is 0.0618 e. The van der Waals surface area contributed by atoms with E-state index in [9.17, 15) is 0 Å². The van der Waals surface area contributed by atoms with Crippen LogP contribution >= 0.6 is 22.6 Å². The summed E-state index contributed by atoms with van der Waals surface area (Å²) in [7, 11) is 0. The molecule has 0 atom stereocenters. The van der Waals surface area contributed by atoms with E-state index in [2.05, 4.69) is 40.0 Å². The predicted octanol–water partition coefficient (Wildman–Crippen LogP) is 3.93. The van der Waals surface area contributed by atoms with Gasteiger partial charge in [-0.15, -0.1) is 0 Å². The minimum absolute atomic E-state index is 0.776. The van der Waals surface area contributed by atoms with Crippen LogP contribution in [0.15, 0.2) is 42.5 Å². The number of hydrogen-bond acceptors (Lipinski definition) is 2. The normalized spacial score (nSPS) is 10.1. The lowest BCUT2D eigenvalue weighted by Crippen LogP contribution is -1.96. The van der Waals surface area contributed by atoms with Crippen LogP contribution in [0.1, 0.15) is 5.56 Å². The summed E-state index contributed by atoms with van der Waals surface area (Å²) in [6.45, 7) is 2.03. The molecule has 0 spiro atoms. The molecule has 0 aromatic heterocycles. The molecule has 0 aliphatic heterocycles. The first-order valence-electron chi connectivity index (χ1n) is 5.04. The number of nitrogens with one attached hydrogen (secondary N) is 1. The van der Waals surface area contributed by atoms with Gasteiger partial charge < -0.3 is 11.1 Å². The van der Waals surface area contributed by atoms with E-state index in [1.54, 1.807) is 0 Å². The Morgan fingerprint density at radius 2 is 1.75 bits per heavy atom. The number of benzene rings is 2. The van der Waals surface area contributed by atoms with Crippen molar-refractivity contribution in [2.45, 2.75) is 6.92 Å². The minimum Gasteiger partial charge on any atom is -0.397 e. The Kier molecular flexibility index (Phi) is 3.33. The average molecular weight is 324 g/mol. The van der Waals surface area contributed by atoms with E-state index in [-0.39, 0.29) is 0 Å². The molecule has 0 amide bonds. The molecule has 0 unspecified atom stereocenters. The van der Waals surface area contributed by atoms with Crippen LogP contribution in [0.5, 0.6) is 0 Å². The molecular weight excluding hydrogens is 311 g/mol. The fourth-order valence-electron chi connectivity index (χ4n) is 1.48. The molecule has 2 aromatic rings. The number of aryl methyl sites for hydroxylation is 1. The Bertz CT molecular complexity index is 492. The zero-order chi connectivity index (χ0) is 11.5. The monoisotopic (exact) mass is 324 g/mol. The fourth-order valence-corrected chi connectivity index (χ4v) is 1.84. The van der Waals surface area contributed by atoms with Crippen LogP contribution in [0.2, 0.25) is 0 Å².